The van der Waals surface area contributed by atoms with Crippen LogP contribution in [0.25, 0.3) is 0 Å². The van der Waals surface area contributed by atoms with Crippen molar-refractivity contribution in [2.24, 2.45) is 22.8 Å². The predicted octanol–water partition coefficient (Wildman–Crippen LogP) is 1.29. The van der Waals surface area contributed by atoms with Crippen molar-refractivity contribution in [2.75, 3.05) is 13.1 Å². The summed E-state index contributed by atoms with van der Waals surface area (Å²) >= 11 is 0. The number of allylic oxidation sites excluding steroid dienone is 2. The smallest absolute Gasteiger partial charge is 0.475 e. The van der Waals surface area contributed by atoms with E-state index in [-0.39, 0.29) is 24.0 Å². The summed E-state index contributed by atoms with van der Waals surface area (Å²) < 4.78 is 31.7. The first-order chi connectivity index (χ1) is 14.9. The number of nitrogens with two attached hydrogens (primary N) is 2. The normalized spacial score (nSPS) is 22.5. The highest BCUT2D eigenvalue weighted by Crippen LogP contribution is 2.36. The summed E-state index contributed by atoms with van der Waals surface area (Å²) in [5, 5.41) is 17.9. The molecule has 2 atom stereocenters. The average Bonchev–Trinajstić information content (AvgIpc) is 3.24. The number of nitrogens with one attached hydrogen (secondary N) is 2. The Labute approximate surface area is 181 Å². The molecule has 32 heavy (non-hydrogen) atoms. The fraction of sp³-hybridized carbons (Fsp3) is 0.333. The zero-order valence-electron chi connectivity index (χ0n) is 16.9. The van der Waals surface area contributed by atoms with Gasteiger partial charge in [-0.3, -0.25) is 15.0 Å². The standard InChI is InChI=1S/C19H22N4O2.C2HF3O2/c20-17(21)13-4-1-3-12(9-13)10-19(18(22)25)7-2-5-15(16(19)24)14-6-8-23-11-14;3-2(4,5)1(6)7/h1-5,7,9,14,23H,6,8,10-11H2,(H3,20,21)(H2,22,25);(H,6,7)/t14-,19?;/m1./s1. The van der Waals surface area contributed by atoms with Crippen LogP contribution in [0.15, 0.2) is 48.1 Å². The molecule has 1 aromatic carbocycles. The summed E-state index contributed by atoms with van der Waals surface area (Å²) in [6.45, 7) is 1.60. The second kappa shape index (κ2) is 9.77. The average molecular weight is 452 g/mol. The lowest BCUT2D eigenvalue weighted by atomic mass is 9.69. The van der Waals surface area contributed by atoms with E-state index in [4.69, 9.17) is 26.8 Å². The molecule has 0 spiro atoms. The van der Waals surface area contributed by atoms with E-state index in [2.05, 4.69) is 5.32 Å². The van der Waals surface area contributed by atoms with E-state index in [1.54, 1.807) is 36.4 Å². The number of ketones is 1. The number of hydrogen-bond acceptors (Lipinski definition) is 5. The number of benzene rings is 1. The van der Waals surface area contributed by atoms with E-state index in [1.165, 1.54) is 0 Å². The lowest BCUT2D eigenvalue weighted by molar-refractivity contribution is -0.192. The molecular weight excluding hydrogens is 429 g/mol. The Bertz CT molecular complexity index is 982. The maximum atomic E-state index is 13.2. The molecule has 1 saturated heterocycles. The largest absolute Gasteiger partial charge is 0.490 e. The Morgan fingerprint density at radius 2 is 1.94 bits per heavy atom. The summed E-state index contributed by atoms with van der Waals surface area (Å²) in [6, 6.07) is 7.02. The first-order valence-corrected chi connectivity index (χ1v) is 9.57. The number of alkyl halides is 3. The molecule has 2 aliphatic rings. The fourth-order valence-electron chi connectivity index (χ4n) is 3.56. The van der Waals surface area contributed by atoms with Gasteiger partial charge < -0.3 is 21.9 Å². The Morgan fingerprint density at radius 1 is 1.28 bits per heavy atom. The van der Waals surface area contributed by atoms with E-state index in [9.17, 15) is 22.8 Å². The van der Waals surface area contributed by atoms with E-state index in [0.29, 0.717) is 11.1 Å². The van der Waals surface area contributed by atoms with Gasteiger partial charge in [0.2, 0.25) is 5.91 Å². The number of rotatable bonds is 5. The van der Waals surface area contributed by atoms with Gasteiger partial charge >= 0.3 is 12.1 Å². The number of carboxylic acids is 1. The highest BCUT2D eigenvalue weighted by Gasteiger charge is 2.46. The Hall–Kier alpha value is -3.47. The van der Waals surface area contributed by atoms with Crippen molar-refractivity contribution in [3.8, 4) is 0 Å². The van der Waals surface area contributed by atoms with Crippen LogP contribution in [0.4, 0.5) is 13.2 Å². The number of amidine groups is 1. The number of primary amides is 1. The molecule has 1 unspecified atom stereocenters. The second-order valence-electron chi connectivity index (χ2n) is 7.43. The van der Waals surface area contributed by atoms with Crippen LogP contribution in [0.2, 0.25) is 0 Å². The van der Waals surface area contributed by atoms with Gasteiger partial charge in [-0.15, -0.1) is 0 Å². The number of carbonyl (C=O) groups is 3. The summed E-state index contributed by atoms with van der Waals surface area (Å²) in [6.07, 6.45) is 1.11. The molecule has 1 fully saturated rings. The Balaban J connectivity index is 0.000000451. The van der Waals surface area contributed by atoms with Crippen LogP contribution in [0.5, 0.6) is 0 Å². The maximum absolute atomic E-state index is 13.2. The highest BCUT2D eigenvalue weighted by molar-refractivity contribution is 6.16. The van der Waals surface area contributed by atoms with E-state index < -0.39 is 23.5 Å². The molecule has 8 nitrogen and oxygen atoms in total. The van der Waals surface area contributed by atoms with E-state index >= 15 is 0 Å². The maximum Gasteiger partial charge on any atom is 0.490 e. The monoisotopic (exact) mass is 452 g/mol. The number of carboxylic acid groups (broad SMARTS) is 1. The van der Waals surface area contributed by atoms with Gasteiger partial charge in [-0.2, -0.15) is 13.2 Å². The van der Waals surface area contributed by atoms with Crippen LogP contribution < -0.4 is 16.8 Å². The molecule has 1 heterocycles. The first-order valence-electron chi connectivity index (χ1n) is 9.57. The molecule has 1 aliphatic carbocycles. The minimum atomic E-state index is -5.08. The topological polar surface area (TPSA) is 159 Å². The SMILES string of the molecule is N=C(N)c1cccc(CC2(C(N)=O)C=CC=C([C@@H]3CCNC3)C2=O)c1.O=C(O)C(F)(F)F. The molecule has 1 aliphatic heterocycles. The van der Waals surface area contributed by atoms with Crippen LogP contribution in [0, 0.1) is 16.7 Å². The van der Waals surface area contributed by atoms with Gasteiger partial charge in [0.15, 0.2) is 5.78 Å². The summed E-state index contributed by atoms with van der Waals surface area (Å²) in [5.74, 6) is -3.58. The third-order valence-electron chi connectivity index (χ3n) is 5.23. The molecule has 0 radical (unpaired) electrons. The molecule has 0 saturated carbocycles. The van der Waals surface area contributed by atoms with Crippen LogP contribution in [-0.4, -0.2) is 47.9 Å². The Morgan fingerprint density at radius 3 is 2.44 bits per heavy atom. The zero-order valence-corrected chi connectivity index (χ0v) is 16.9. The third kappa shape index (κ3) is 5.61. The summed E-state index contributed by atoms with van der Waals surface area (Å²) in [5.41, 5.74) is 11.8. The number of aliphatic carboxylic acids is 1. The number of nitrogen functional groups attached to an aromatic ring is 1. The van der Waals surface area contributed by atoms with Gasteiger partial charge in [0.05, 0.1) is 0 Å². The van der Waals surface area contributed by atoms with E-state index in [1.807, 2.05) is 6.07 Å². The van der Waals surface area contributed by atoms with Crippen molar-refractivity contribution < 1.29 is 32.7 Å². The van der Waals surface area contributed by atoms with Crippen molar-refractivity contribution in [1.82, 2.24) is 5.32 Å². The number of Topliss-reactive ketones (excluding diaryl/α,β-unsaturated/α-hetero) is 1. The molecule has 3 rings (SSSR count). The molecule has 0 aromatic heterocycles. The second-order valence-corrected chi connectivity index (χ2v) is 7.43. The number of hydrogen-bond donors (Lipinski definition) is 5. The molecular formula is C21H23F3N4O4. The molecule has 1 aromatic rings. The number of amides is 1. The molecule has 1 amide bonds. The van der Waals surface area contributed by atoms with Gasteiger partial charge in [0, 0.05) is 23.6 Å². The lowest BCUT2D eigenvalue weighted by Crippen LogP contribution is -2.47. The number of carbonyl (C=O) groups excluding carboxylic acids is 2. The highest BCUT2D eigenvalue weighted by atomic mass is 19.4. The van der Waals surface area contributed by atoms with Gasteiger partial charge in [0.25, 0.3) is 0 Å². The molecule has 0 bridgehead atoms. The van der Waals surface area contributed by atoms with Crippen LogP contribution in [-0.2, 0) is 20.8 Å². The first kappa shape index (κ1) is 24.8. The lowest BCUT2D eigenvalue weighted by Gasteiger charge is -2.31. The van der Waals surface area contributed by atoms with E-state index in [0.717, 1.165) is 25.1 Å². The van der Waals surface area contributed by atoms with Crippen molar-refractivity contribution in [1.29, 1.82) is 5.41 Å². The van der Waals surface area contributed by atoms with Crippen molar-refractivity contribution >= 4 is 23.5 Å². The fourth-order valence-corrected chi connectivity index (χ4v) is 3.56. The summed E-state index contributed by atoms with van der Waals surface area (Å²) in [4.78, 5) is 34.4. The van der Waals surface area contributed by atoms with Crippen molar-refractivity contribution in [3.63, 3.8) is 0 Å². The predicted molar refractivity (Wildman–Crippen MR) is 110 cm³/mol. The van der Waals surface area contributed by atoms with Crippen LogP contribution >= 0.6 is 0 Å². The van der Waals surface area contributed by atoms with Crippen molar-refractivity contribution in [2.45, 2.75) is 19.0 Å². The molecule has 7 N–H and O–H groups in total. The zero-order chi connectivity index (χ0) is 24.1. The molecule has 11 heteroatoms. The quantitative estimate of drug-likeness (QED) is 0.257. The Kier molecular flexibility index (Phi) is 7.57. The van der Waals surface area contributed by atoms with Gasteiger partial charge in [-0.25, -0.2) is 4.79 Å². The summed E-state index contributed by atoms with van der Waals surface area (Å²) in [7, 11) is 0. The van der Waals surface area contributed by atoms with Crippen LogP contribution in [0.1, 0.15) is 17.5 Å². The minimum absolute atomic E-state index is 0.0573. The van der Waals surface area contributed by atoms with Gasteiger partial charge in [-0.05, 0) is 31.0 Å². The number of halogens is 3. The van der Waals surface area contributed by atoms with Gasteiger partial charge in [0.1, 0.15) is 11.3 Å². The van der Waals surface area contributed by atoms with Gasteiger partial charge in [-0.1, -0.05) is 36.4 Å². The van der Waals surface area contributed by atoms with Crippen molar-refractivity contribution in [3.05, 3.63) is 59.2 Å². The minimum Gasteiger partial charge on any atom is -0.475 e. The van der Waals surface area contributed by atoms with Crippen LogP contribution in [0.3, 0.4) is 0 Å². The third-order valence-corrected chi connectivity index (χ3v) is 5.23. The molecule has 172 valence electrons.